The zero-order valence-corrected chi connectivity index (χ0v) is 34.5. The first-order chi connectivity index (χ1) is 29.8. The number of nitrogens with zero attached hydrogens (tertiary/aromatic N) is 3. The van der Waals surface area contributed by atoms with Crippen molar-refractivity contribution in [3.05, 3.63) is 198 Å². The second kappa shape index (κ2) is 13.0. The van der Waals surface area contributed by atoms with Crippen molar-refractivity contribution in [3.8, 4) is 78.7 Å². The van der Waals surface area contributed by atoms with E-state index >= 15 is 0 Å². The van der Waals surface area contributed by atoms with E-state index in [1.807, 2.05) is 12.1 Å². The van der Waals surface area contributed by atoms with Crippen molar-refractivity contribution < 1.29 is 4.42 Å². The van der Waals surface area contributed by atoms with E-state index in [4.69, 9.17) is 19.4 Å². The lowest BCUT2D eigenvalue weighted by Gasteiger charge is -2.21. The molecule has 0 saturated carbocycles. The Bertz CT molecular complexity index is 3430. The van der Waals surface area contributed by atoms with Gasteiger partial charge in [-0.15, -0.1) is 0 Å². The monoisotopic (exact) mass is 783 g/mol. The molecule has 0 unspecified atom stereocenters. The Morgan fingerprint density at radius 3 is 1.54 bits per heavy atom. The smallest absolute Gasteiger partial charge is 0.164 e. The number of hydrogen-bond donors (Lipinski definition) is 0. The zero-order chi connectivity index (χ0) is 41.0. The summed E-state index contributed by atoms with van der Waals surface area (Å²) in [5, 5.41) is 2.16. The van der Waals surface area contributed by atoms with E-state index in [-0.39, 0.29) is 10.8 Å². The molecular formula is C57H41N3O. The number of fused-ring (bicyclic) bond motifs is 9. The molecule has 2 aliphatic rings. The van der Waals surface area contributed by atoms with Crippen molar-refractivity contribution in [2.75, 3.05) is 0 Å². The number of hydrogen-bond acceptors (Lipinski definition) is 4. The number of aromatic nitrogens is 3. The van der Waals surface area contributed by atoms with Crippen LogP contribution in [0.4, 0.5) is 0 Å². The maximum absolute atomic E-state index is 6.60. The fourth-order valence-electron chi connectivity index (χ4n) is 10.3. The zero-order valence-electron chi connectivity index (χ0n) is 34.5. The Balaban J connectivity index is 1.06. The molecule has 61 heavy (non-hydrogen) atoms. The molecule has 10 aromatic rings. The van der Waals surface area contributed by atoms with Crippen LogP contribution in [0.3, 0.4) is 0 Å². The summed E-state index contributed by atoms with van der Waals surface area (Å²) in [5.74, 6) is 1.85. The minimum atomic E-state index is -0.164. The highest BCUT2D eigenvalue weighted by Gasteiger charge is 2.38. The van der Waals surface area contributed by atoms with Crippen molar-refractivity contribution in [2.45, 2.75) is 38.5 Å². The third-order valence-corrected chi connectivity index (χ3v) is 13.4. The SMILES string of the molecule is CC1(C)c2ccccc2-c2c(-c3cccc(-c4nc(-c5ccc6c(c5)oc5cccc(-c7ccccc7)c56)nc(-c5cccc6c5-c5ccccc5C6(C)C)n4)c3)cccc21. The van der Waals surface area contributed by atoms with E-state index < -0.39 is 0 Å². The Kier molecular flexibility index (Phi) is 7.59. The van der Waals surface area contributed by atoms with Crippen molar-refractivity contribution in [1.29, 1.82) is 0 Å². The first-order valence-corrected chi connectivity index (χ1v) is 21.1. The van der Waals surface area contributed by atoms with E-state index in [9.17, 15) is 0 Å². The van der Waals surface area contributed by atoms with E-state index in [1.165, 1.54) is 50.1 Å². The normalized spacial score (nSPS) is 14.2. The molecule has 4 nitrogen and oxygen atoms in total. The number of furan rings is 1. The quantitative estimate of drug-likeness (QED) is 0.174. The first-order valence-electron chi connectivity index (χ1n) is 21.1. The minimum Gasteiger partial charge on any atom is -0.456 e. The highest BCUT2D eigenvalue weighted by atomic mass is 16.3. The molecule has 0 amide bonds. The third-order valence-electron chi connectivity index (χ3n) is 13.4. The van der Waals surface area contributed by atoms with Crippen molar-refractivity contribution in [1.82, 2.24) is 15.0 Å². The van der Waals surface area contributed by atoms with Gasteiger partial charge in [0.1, 0.15) is 11.2 Å². The van der Waals surface area contributed by atoms with Gasteiger partial charge >= 0.3 is 0 Å². The van der Waals surface area contributed by atoms with E-state index in [2.05, 4.69) is 191 Å². The van der Waals surface area contributed by atoms with Gasteiger partial charge in [-0.3, -0.25) is 0 Å². The molecule has 0 bridgehead atoms. The molecule has 2 heterocycles. The maximum Gasteiger partial charge on any atom is 0.164 e. The van der Waals surface area contributed by atoms with E-state index in [0.29, 0.717) is 17.5 Å². The standard InChI is InChI=1S/C57H41N3O/c1-56(2)44-25-10-8-20-40(44)50-39(22-13-27-46(50)56)35-18-12-19-36(32-35)53-58-54(60-55(59-53)43-24-14-28-47-51(43)41-21-9-11-26-45(41)57(47,3)4)37-30-31-42-49(33-37)61-48-29-15-23-38(52(42)48)34-16-6-5-7-17-34/h5-33H,1-4H3. The second-order valence-electron chi connectivity index (χ2n) is 17.5. The van der Waals surface area contributed by atoms with Crippen LogP contribution in [0.15, 0.2) is 180 Å². The van der Waals surface area contributed by atoms with Crippen LogP contribution in [0, 0.1) is 0 Å². The van der Waals surface area contributed by atoms with Crippen LogP contribution in [-0.4, -0.2) is 15.0 Å². The molecule has 0 aliphatic heterocycles. The van der Waals surface area contributed by atoms with Crippen LogP contribution in [0.2, 0.25) is 0 Å². The van der Waals surface area contributed by atoms with Gasteiger partial charge in [-0.1, -0.05) is 179 Å². The molecule has 2 aromatic heterocycles. The first kappa shape index (κ1) is 35.5. The molecule has 4 heteroatoms. The van der Waals surface area contributed by atoms with Gasteiger partial charge in [0, 0.05) is 38.3 Å². The maximum atomic E-state index is 6.60. The molecule has 290 valence electrons. The molecule has 2 aliphatic carbocycles. The predicted molar refractivity (Wildman–Crippen MR) is 249 cm³/mol. The molecule has 12 rings (SSSR count). The molecule has 0 spiro atoms. The molecule has 0 N–H and O–H groups in total. The summed E-state index contributed by atoms with van der Waals surface area (Å²) in [5.41, 5.74) is 19.1. The van der Waals surface area contributed by atoms with Gasteiger partial charge < -0.3 is 4.42 Å². The Labute approximate surface area is 355 Å². The van der Waals surface area contributed by atoms with Crippen LogP contribution >= 0.6 is 0 Å². The summed E-state index contributed by atoms with van der Waals surface area (Å²) < 4.78 is 6.60. The van der Waals surface area contributed by atoms with Crippen LogP contribution in [0.25, 0.3) is 101 Å². The average Bonchev–Trinajstić information content (AvgIpc) is 3.88. The minimum absolute atomic E-state index is 0.0925. The summed E-state index contributed by atoms with van der Waals surface area (Å²) in [6, 6.07) is 62.7. The molecule has 0 atom stereocenters. The van der Waals surface area contributed by atoms with Gasteiger partial charge in [0.05, 0.1) is 0 Å². The molecule has 0 fully saturated rings. The highest BCUT2D eigenvalue weighted by molar-refractivity contribution is 6.13. The van der Waals surface area contributed by atoms with Crippen LogP contribution in [0.5, 0.6) is 0 Å². The summed E-state index contributed by atoms with van der Waals surface area (Å²) in [6.45, 7) is 9.28. The predicted octanol–water partition coefficient (Wildman–Crippen LogP) is 14.7. The Hall–Kier alpha value is -7.43. The average molecular weight is 784 g/mol. The van der Waals surface area contributed by atoms with Gasteiger partial charge in [0.25, 0.3) is 0 Å². The molecule has 0 radical (unpaired) electrons. The van der Waals surface area contributed by atoms with Crippen LogP contribution in [-0.2, 0) is 10.8 Å². The van der Waals surface area contributed by atoms with Gasteiger partial charge in [0.15, 0.2) is 17.5 Å². The van der Waals surface area contributed by atoms with Gasteiger partial charge in [-0.2, -0.15) is 0 Å². The lowest BCUT2D eigenvalue weighted by molar-refractivity contribution is 0.660. The topological polar surface area (TPSA) is 51.8 Å². The van der Waals surface area contributed by atoms with Gasteiger partial charge in [-0.05, 0) is 91.0 Å². The van der Waals surface area contributed by atoms with Crippen LogP contribution in [0.1, 0.15) is 49.9 Å². The molecule has 0 saturated heterocycles. The van der Waals surface area contributed by atoms with Crippen molar-refractivity contribution in [2.24, 2.45) is 0 Å². The fraction of sp³-hybridized carbons (Fsp3) is 0.105. The number of rotatable bonds is 5. The third kappa shape index (κ3) is 5.28. The second-order valence-corrected chi connectivity index (χ2v) is 17.5. The Morgan fingerprint density at radius 2 is 0.836 bits per heavy atom. The summed E-state index contributed by atoms with van der Waals surface area (Å²) in [6.07, 6.45) is 0. The van der Waals surface area contributed by atoms with Crippen molar-refractivity contribution in [3.63, 3.8) is 0 Å². The number of benzene rings is 8. The van der Waals surface area contributed by atoms with E-state index in [0.717, 1.165) is 55.3 Å². The van der Waals surface area contributed by atoms with Gasteiger partial charge in [0.2, 0.25) is 0 Å². The Morgan fingerprint density at radius 1 is 0.344 bits per heavy atom. The van der Waals surface area contributed by atoms with E-state index in [1.54, 1.807) is 0 Å². The van der Waals surface area contributed by atoms with Gasteiger partial charge in [-0.25, -0.2) is 15.0 Å². The summed E-state index contributed by atoms with van der Waals surface area (Å²) in [7, 11) is 0. The highest BCUT2D eigenvalue weighted by Crippen LogP contribution is 2.53. The molecule has 8 aromatic carbocycles. The molecular weight excluding hydrogens is 743 g/mol. The lowest BCUT2D eigenvalue weighted by Crippen LogP contribution is -2.14. The summed E-state index contributed by atoms with van der Waals surface area (Å²) >= 11 is 0. The lowest BCUT2D eigenvalue weighted by atomic mass is 9.82. The summed E-state index contributed by atoms with van der Waals surface area (Å²) in [4.78, 5) is 16.0. The van der Waals surface area contributed by atoms with Crippen LogP contribution < -0.4 is 0 Å². The largest absolute Gasteiger partial charge is 0.456 e. The fourth-order valence-corrected chi connectivity index (χ4v) is 10.3. The van der Waals surface area contributed by atoms with Crippen molar-refractivity contribution >= 4 is 21.9 Å².